The maximum absolute atomic E-state index is 13.6. The molecular formula is C17H14F4N2O2. The highest BCUT2D eigenvalue weighted by Gasteiger charge is 2.33. The second kappa shape index (κ2) is 7.33. The van der Waals surface area contributed by atoms with E-state index < -0.39 is 41.6 Å². The number of halogens is 4. The molecule has 0 saturated heterocycles. The summed E-state index contributed by atoms with van der Waals surface area (Å²) in [6.07, 6.45) is -4.63. The number of carbonyl (C=O) groups excluding carboxylic acids is 2. The van der Waals surface area contributed by atoms with Gasteiger partial charge >= 0.3 is 6.18 Å². The summed E-state index contributed by atoms with van der Waals surface area (Å²) in [7, 11) is 1.25. The molecular weight excluding hydrogens is 340 g/mol. The summed E-state index contributed by atoms with van der Waals surface area (Å²) >= 11 is 0. The molecule has 0 saturated carbocycles. The van der Waals surface area contributed by atoms with Crippen LogP contribution in [0.5, 0.6) is 0 Å². The summed E-state index contributed by atoms with van der Waals surface area (Å²) < 4.78 is 52.3. The van der Waals surface area contributed by atoms with Gasteiger partial charge in [0.25, 0.3) is 5.91 Å². The van der Waals surface area contributed by atoms with Gasteiger partial charge in [-0.2, -0.15) is 13.2 Å². The van der Waals surface area contributed by atoms with Crippen molar-refractivity contribution >= 4 is 17.5 Å². The van der Waals surface area contributed by atoms with Crippen molar-refractivity contribution in [3.8, 4) is 0 Å². The molecule has 0 heterocycles. The van der Waals surface area contributed by atoms with E-state index in [-0.39, 0.29) is 5.56 Å². The van der Waals surface area contributed by atoms with E-state index in [1.807, 2.05) is 0 Å². The fourth-order valence-electron chi connectivity index (χ4n) is 2.16. The van der Waals surface area contributed by atoms with Gasteiger partial charge in [-0.25, -0.2) is 4.39 Å². The Morgan fingerprint density at radius 2 is 1.64 bits per heavy atom. The van der Waals surface area contributed by atoms with Gasteiger partial charge in [-0.05, 0) is 24.3 Å². The molecule has 0 unspecified atom stereocenters. The van der Waals surface area contributed by atoms with Crippen LogP contribution in [0, 0.1) is 5.82 Å². The third-order valence-corrected chi connectivity index (χ3v) is 3.34. The van der Waals surface area contributed by atoms with E-state index in [0.717, 1.165) is 23.1 Å². The zero-order chi connectivity index (χ0) is 18.6. The second-order valence-electron chi connectivity index (χ2n) is 5.23. The van der Waals surface area contributed by atoms with Crippen molar-refractivity contribution in [2.45, 2.75) is 6.18 Å². The molecule has 2 aromatic rings. The molecule has 25 heavy (non-hydrogen) atoms. The molecule has 1 N–H and O–H groups in total. The van der Waals surface area contributed by atoms with Gasteiger partial charge in [0.15, 0.2) is 0 Å². The molecule has 0 fully saturated rings. The number of carbonyl (C=O) groups is 2. The molecule has 0 aliphatic rings. The first-order valence-electron chi connectivity index (χ1n) is 7.16. The summed E-state index contributed by atoms with van der Waals surface area (Å²) in [6, 6.07) is 9.72. The minimum atomic E-state index is -4.63. The molecule has 0 aromatic heterocycles. The lowest BCUT2D eigenvalue weighted by atomic mass is 10.1. The number of alkyl halides is 3. The van der Waals surface area contributed by atoms with Crippen LogP contribution < -0.4 is 5.32 Å². The molecule has 2 rings (SSSR count). The van der Waals surface area contributed by atoms with Crippen LogP contribution in [0.15, 0.2) is 48.5 Å². The van der Waals surface area contributed by atoms with Gasteiger partial charge in [-0.1, -0.05) is 24.3 Å². The molecule has 132 valence electrons. The Hall–Kier alpha value is -2.90. The zero-order valence-corrected chi connectivity index (χ0v) is 13.1. The summed E-state index contributed by atoms with van der Waals surface area (Å²) in [5, 5.41) is 2.12. The highest BCUT2D eigenvalue weighted by Crippen LogP contribution is 2.34. The average Bonchev–Trinajstić information content (AvgIpc) is 2.54. The van der Waals surface area contributed by atoms with Crippen molar-refractivity contribution < 1.29 is 27.2 Å². The van der Waals surface area contributed by atoms with E-state index in [1.54, 1.807) is 0 Å². The number of amides is 2. The van der Waals surface area contributed by atoms with E-state index in [2.05, 4.69) is 5.32 Å². The molecule has 0 spiro atoms. The van der Waals surface area contributed by atoms with Crippen molar-refractivity contribution in [3.05, 3.63) is 65.5 Å². The Morgan fingerprint density at radius 3 is 2.28 bits per heavy atom. The topological polar surface area (TPSA) is 49.4 Å². The van der Waals surface area contributed by atoms with Crippen LogP contribution in [0.3, 0.4) is 0 Å². The number of likely N-dealkylation sites (N-methyl/N-ethyl adjacent to an activating group) is 1. The molecule has 8 heteroatoms. The van der Waals surface area contributed by atoms with Crippen LogP contribution in [-0.4, -0.2) is 30.3 Å². The van der Waals surface area contributed by atoms with Crippen LogP contribution >= 0.6 is 0 Å². The monoisotopic (exact) mass is 354 g/mol. The van der Waals surface area contributed by atoms with Crippen molar-refractivity contribution in [2.24, 2.45) is 0 Å². The Morgan fingerprint density at radius 1 is 1.04 bits per heavy atom. The highest BCUT2D eigenvalue weighted by atomic mass is 19.4. The van der Waals surface area contributed by atoms with Gasteiger partial charge in [0.2, 0.25) is 5.91 Å². The first-order chi connectivity index (χ1) is 11.7. The minimum Gasteiger partial charge on any atom is -0.332 e. The van der Waals surface area contributed by atoms with Crippen LogP contribution in [-0.2, 0) is 11.0 Å². The standard InChI is InChI=1S/C17H14F4N2O2/c1-23(16(25)11-6-2-4-8-13(11)18)10-15(24)22-14-9-5-3-7-12(14)17(19,20)21/h2-9H,10H2,1H3,(H,22,24). The number of hydrogen-bond donors (Lipinski definition) is 1. The zero-order valence-electron chi connectivity index (χ0n) is 13.1. The number of hydrogen-bond acceptors (Lipinski definition) is 2. The summed E-state index contributed by atoms with van der Waals surface area (Å²) in [4.78, 5) is 25.0. The molecule has 2 aromatic carbocycles. The van der Waals surface area contributed by atoms with Crippen molar-refractivity contribution in [3.63, 3.8) is 0 Å². The Labute approximate surface area is 141 Å². The lowest BCUT2D eigenvalue weighted by molar-refractivity contribution is -0.137. The molecule has 0 radical (unpaired) electrons. The number of benzene rings is 2. The van der Waals surface area contributed by atoms with Gasteiger partial charge in [-0.15, -0.1) is 0 Å². The molecule has 0 bridgehead atoms. The fraction of sp³-hybridized carbons (Fsp3) is 0.176. The van der Waals surface area contributed by atoms with Gasteiger partial charge < -0.3 is 10.2 Å². The van der Waals surface area contributed by atoms with Gasteiger partial charge in [0.1, 0.15) is 5.82 Å². The molecule has 0 atom stereocenters. The molecule has 4 nitrogen and oxygen atoms in total. The second-order valence-corrected chi connectivity index (χ2v) is 5.23. The van der Waals surface area contributed by atoms with E-state index in [4.69, 9.17) is 0 Å². The molecule has 0 aliphatic heterocycles. The minimum absolute atomic E-state index is 0.228. The van der Waals surface area contributed by atoms with Crippen molar-refractivity contribution in [1.82, 2.24) is 4.90 Å². The predicted molar refractivity (Wildman–Crippen MR) is 83.4 cm³/mol. The number of nitrogens with one attached hydrogen (secondary N) is 1. The average molecular weight is 354 g/mol. The van der Waals surface area contributed by atoms with Gasteiger partial charge in [0, 0.05) is 7.05 Å². The third kappa shape index (κ3) is 4.56. The summed E-state index contributed by atoms with van der Waals surface area (Å²) in [6.45, 7) is -0.528. The van der Waals surface area contributed by atoms with Gasteiger partial charge in [0.05, 0.1) is 23.4 Å². The largest absolute Gasteiger partial charge is 0.418 e. The van der Waals surface area contributed by atoms with E-state index in [9.17, 15) is 27.2 Å². The van der Waals surface area contributed by atoms with Gasteiger partial charge in [-0.3, -0.25) is 9.59 Å². The fourth-order valence-corrected chi connectivity index (χ4v) is 2.16. The summed E-state index contributed by atoms with van der Waals surface area (Å²) in [5.41, 5.74) is -1.63. The van der Waals surface area contributed by atoms with Crippen molar-refractivity contribution in [2.75, 3.05) is 18.9 Å². The summed E-state index contributed by atoms with van der Waals surface area (Å²) in [5.74, 6) is -2.33. The first-order valence-corrected chi connectivity index (χ1v) is 7.16. The molecule has 0 aliphatic carbocycles. The number of nitrogens with zero attached hydrogens (tertiary/aromatic N) is 1. The highest BCUT2D eigenvalue weighted by molar-refractivity contribution is 5.99. The number of para-hydroxylation sites is 1. The smallest absolute Gasteiger partial charge is 0.332 e. The SMILES string of the molecule is CN(CC(=O)Nc1ccccc1C(F)(F)F)C(=O)c1ccccc1F. The number of anilines is 1. The Balaban J connectivity index is 2.08. The van der Waals surface area contributed by atoms with Crippen LogP contribution in [0.4, 0.5) is 23.2 Å². The lowest BCUT2D eigenvalue weighted by Crippen LogP contribution is -2.35. The normalized spacial score (nSPS) is 11.1. The molecule has 2 amide bonds. The third-order valence-electron chi connectivity index (χ3n) is 3.34. The quantitative estimate of drug-likeness (QED) is 0.854. The lowest BCUT2D eigenvalue weighted by Gasteiger charge is -2.18. The van der Waals surface area contributed by atoms with Crippen LogP contribution in [0.1, 0.15) is 15.9 Å². The first kappa shape index (κ1) is 18.4. The van der Waals surface area contributed by atoms with E-state index >= 15 is 0 Å². The maximum atomic E-state index is 13.6. The van der Waals surface area contributed by atoms with Crippen LogP contribution in [0.2, 0.25) is 0 Å². The maximum Gasteiger partial charge on any atom is 0.418 e. The Bertz CT molecular complexity index is 790. The van der Waals surface area contributed by atoms with E-state index in [0.29, 0.717) is 0 Å². The van der Waals surface area contributed by atoms with E-state index in [1.165, 1.54) is 37.4 Å². The number of rotatable bonds is 4. The van der Waals surface area contributed by atoms with Crippen molar-refractivity contribution in [1.29, 1.82) is 0 Å². The Kier molecular flexibility index (Phi) is 5.41. The van der Waals surface area contributed by atoms with Crippen LogP contribution in [0.25, 0.3) is 0 Å². The predicted octanol–water partition coefficient (Wildman–Crippen LogP) is 3.56.